The summed E-state index contributed by atoms with van der Waals surface area (Å²) in [6.07, 6.45) is 0.120. The number of hydrogen-bond donors (Lipinski definition) is 0. The number of benzene rings is 2. The fourth-order valence-corrected chi connectivity index (χ4v) is 2.62. The molecule has 36 heavy (non-hydrogen) atoms. The van der Waals surface area contributed by atoms with Gasteiger partial charge in [-0.3, -0.25) is 0 Å². The summed E-state index contributed by atoms with van der Waals surface area (Å²) in [6, 6.07) is 34.0. The Bertz CT molecular complexity index is 1010. The predicted molar refractivity (Wildman–Crippen MR) is 152 cm³/mol. The Morgan fingerprint density at radius 1 is 0.639 bits per heavy atom. The van der Waals surface area contributed by atoms with E-state index in [9.17, 15) is 10.2 Å². The summed E-state index contributed by atoms with van der Waals surface area (Å²) in [5.41, 5.74) is 7.82. The fourth-order valence-electron chi connectivity index (χ4n) is 2.62. The van der Waals surface area contributed by atoms with Gasteiger partial charge in [0.05, 0.1) is 0 Å². The molecule has 0 spiro atoms. The maximum atomic E-state index is 9.33. The van der Waals surface area contributed by atoms with E-state index < -0.39 is 0 Å². The van der Waals surface area contributed by atoms with Crippen LogP contribution in [0.1, 0.15) is 25.0 Å². The molecule has 0 saturated carbocycles. The third-order valence-corrected chi connectivity index (χ3v) is 4.10. The molecule has 0 aliphatic heterocycles. The van der Waals surface area contributed by atoms with Crippen molar-refractivity contribution in [2.75, 3.05) is 0 Å². The van der Waals surface area contributed by atoms with E-state index in [-0.39, 0.29) is 17.7 Å². The Morgan fingerprint density at radius 3 is 1.08 bits per heavy atom. The average Bonchev–Trinajstić information content (AvgIpc) is 3.49. The van der Waals surface area contributed by atoms with Gasteiger partial charge in [-0.1, -0.05) is 84.6 Å². The zero-order valence-corrected chi connectivity index (χ0v) is 25.0. The molecule has 4 heteroatoms. The minimum Gasteiger partial charge on any atom is -0.206 e. The van der Waals surface area contributed by atoms with E-state index in [0.717, 1.165) is 0 Å². The standard InChI is InChI=1S/2C12H11.2C3H6O.C2H6Si.Ti/c2*1-10-6-8-12(9-7-10)11-4-2-3-5-11;2*1-3(2)4;1-3-2;/h2*2-9H,1H3;2*4H,1H2,2H3;1-2H3;/q2*-1;;;;+2/p-2. The Morgan fingerprint density at radius 2 is 0.889 bits per heavy atom. The normalized spacial score (nSPS) is 8.89. The number of aryl methyl sites for hydroxylation is 2. The van der Waals surface area contributed by atoms with E-state index in [4.69, 9.17) is 0 Å². The topological polar surface area (TPSA) is 46.1 Å². The molecule has 0 saturated heterocycles. The largest absolute Gasteiger partial charge is 0.206 e. The molecule has 4 aromatic rings. The van der Waals surface area contributed by atoms with Gasteiger partial charge in [0.15, 0.2) is 0 Å². The van der Waals surface area contributed by atoms with Crippen LogP contribution < -0.4 is 10.2 Å². The van der Waals surface area contributed by atoms with Crippen LogP contribution in [0.15, 0.2) is 122 Å². The maximum absolute atomic E-state index is 9.33. The zero-order valence-electron chi connectivity index (χ0n) is 22.5. The van der Waals surface area contributed by atoms with Gasteiger partial charge in [0.1, 0.15) is 0 Å². The van der Waals surface area contributed by atoms with Gasteiger partial charge in [-0.25, -0.2) is 12.1 Å². The molecule has 0 aliphatic rings. The third kappa shape index (κ3) is 18.5. The number of hydrogen-bond acceptors (Lipinski definition) is 2. The first-order valence-electron chi connectivity index (χ1n) is 11.7. The van der Waals surface area contributed by atoms with E-state index in [2.05, 4.69) is 156 Å². The van der Waals surface area contributed by atoms with Gasteiger partial charge in [-0.15, -0.1) is 24.7 Å². The molecule has 0 bridgehead atoms. The maximum Gasteiger partial charge on any atom is -0.0398 e. The molecule has 0 aliphatic carbocycles. The number of rotatable bonds is 2. The van der Waals surface area contributed by atoms with Crippen LogP contribution in [0.3, 0.4) is 0 Å². The second-order valence-corrected chi connectivity index (χ2v) is 15.2. The molecule has 0 fully saturated rings. The van der Waals surface area contributed by atoms with E-state index in [1.165, 1.54) is 47.2 Å². The second kappa shape index (κ2) is 19.4. The first-order valence-corrected chi connectivity index (χ1v) is 16.5. The van der Waals surface area contributed by atoms with E-state index in [1.807, 2.05) is 0 Å². The monoisotopic (exact) mass is 530 g/mol. The molecule has 0 unspecified atom stereocenters. The molecule has 0 radical (unpaired) electrons. The summed E-state index contributed by atoms with van der Waals surface area (Å²) in [7, 11) is 0. The molecular formula is C32H38O2SiTi-2. The molecule has 4 aromatic carbocycles. The first-order chi connectivity index (χ1) is 16.9. The van der Waals surface area contributed by atoms with Crippen molar-refractivity contribution in [3.8, 4) is 22.3 Å². The van der Waals surface area contributed by atoms with E-state index in [1.54, 1.807) is 0 Å². The van der Waals surface area contributed by atoms with E-state index in [0.29, 0.717) is 0 Å². The van der Waals surface area contributed by atoms with Crippen molar-refractivity contribution in [1.29, 1.82) is 0 Å². The molecule has 0 N–H and O–H groups in total. The minimum atomic E-state index is -0.0833. The quantitative estimate of drug-likeness (QED) is 0.155. The summed E-state index contributed by atoms with van der Waals surface area (Å²) in [6.45, 7) is 17.6. The molecular weight excluding hydrogens is 492 g/mol. The van der Waals surface area contributed by atoms with Gasteiger partial charge in [0, 0.05) is 0 Å². The molecule has 0 atom stereocenters. The summed E-state index contributed by atoms with van der Waals surface area (Å²) < 4.78 is 0. The van der Waals surface area contributed by atoms with Gasteiger partial charge in [0.25, 0.3) is 0 Å². The molecule has 4 rings (SSSR count). The van der Waals surface area contributed by atoms with Crippen LogP contribution in [0, 0.1) is 13.8 Å². The van der Waals surface area contributed by atoms with Gasteiger partial charge < -0.3 is 10.2 Å². The third-order valence-electron chi connectivity index (χ3n) is 4.10. The van der Waals surface area contributed by atoms with Crippen LogP contribution in [0.2, 0.25) is 13.1 Å². The Hall–Kier alpha value is -2.85. The van der Waals surface area contributed by atoms with Crippen molar-refractivity contribution in [2.45, 2.75) is 40.8 Å². The van der Waals surface area contributed by atoms with Crippen LogP contribution in [-0.4, -0.2) is 6.19 Å². The molecule has 0 amide bonds. The van der Waals surface area contributed by atoms with Crippen LogP contribution in [-0.2, 0) is 19.2 Å². The van der Waals surface area contributed by atoms with Crippen molar-refractivity contribution in [2.24, 2.45) is 0 Å². The predicted octanol–water partition coefficient (Wildman–Crippen LogP) is 7.31. The van der Waals surface area contributed by atoms with Gasteiger partial charge in [-0.2, -0.15) is 47.5 Å². The van der Waals surface area contributed by atoms with Crippen molar-refractivity contribution < 1.29 is 29.4 Å². The van der Waals surface area contributed by atoms with Crippen LogP contribution in [0.25, 0.3) is 22.3 Å². The van der Waals surface area contributed by atoms with Crippen molar-refractivity contribution in [3.05, 3.63) is 133 Å². The molecule has 0 heterocycles. The fraction of sp³-hybridized carbons (Fsp3) is 0.188. The molecule has 2 nitrogen and oxygen atoms in total. The van der Waals surface area contributed by atoms with Crippen molar-refractivity contribution >= 4 is 6.19 Å². The van der Waals surface area contributed by atoms with Crippen molar-refractivity contribution in [3.63, 3.8) is 0 Å². The minimum absolute atomic E-state index is 0.0833. The van der Waals surface area contributed by atoms with Crippen LogP contribution in [0.5, 0.6) is 0 Å². The second-order valence-electron chi connectivity index (χ2n) is 8.48. The van der Waals surface area contributed by atoms with Crippen LogP contribution in [0.4, 0.5) is 0 Å². The van der Waals surface area contributed by atoms with Crippen LogP contribution >= 0.6 is 0 Å². The molecule has 0 aromatic heterocycles. The zero-order chi connectivity index (χ0) is 27.5. The van der Waals surface area contributed by atoms with E-state index >= 15 is 0 Å². The SMILES string of the molecule is C=C(C)[O-].C=C(C)[O-].C[Si](C)=[Ti+2].Cc1ccc(-c2cc[cH-]c2)cc1.Cc1ccc(-c2cc[cH-]c2)cc1. The average molecular weight is 531 g/mol. The summed E-state index contributed by atoms with van der Waals surface area (Å²) >= 11 is 2.27. The smallest absolute Gasteiger partial charge is 0.0398 e. The Balaban J connectivity index is 0.000000478. The summed E-state index contributed by atoms with van der Waals surface area (Å²) in [4.78, 5) is 0. The molecule has 188 valence electrons. The Kier molecular flexibility index (Phi) is 17.8. The first kappa shape index (κ1) is 33.2. The van der Waals surface area contributed by atoms with Gasteiger partial charge in [-0.05, 0) is 13.8 Å². The van der Waals surface area contributed by atoms with Crippen molar-refractivity contribution in [1.82, 2.24) is 0 Å². The van der Waals surface area contributed by atoms with Gasteiger partial charge >= 0.3 is 38.5 Å². The Labute approximate surface area is 230 Å². The number of allylic oxidation sites excluding steroid dienone is 2. The summed E-state index contributed by atoms with van der Waals surface area (Å²) in [5.74, 6) is -0.167. The summed E-state index contributed by atoms with van der Waals surface area (Å²) in [5, 5.41) is 18.7. The van der Waals surface area contributed by atoms with Gasteiger partial charge in [0.2, 0.25) is 0 Å².